The first-order valence-corrected chi connectivity index (χ1v) is 16.0. The summed E-state index contributed by atoms with van der Waals surface area (Å²) < 4.78 is 17.9. The molecule has 2 aliphatic carbocycles. The summed E-state index contributed by atoms with van der Waals surface area (Å²) in [5.74, 6) is 0.510. The van der Waals surface area contributed by atoms with E-state index in [0.29, 0.717) is 25.0 Å². The van der Waals surface area contributed by atoms with Gasteiger partial charge in [0.15, 0.2) is 0 Å². The number of ether oxygens (including phenoxy) is 3. The van der Waals surface area contributed by atoms with E-state index in [9.17, 15) is 9.59 Å². The number of methoxy groups -OCH3 is 2. The second kappa shape index (κ2) is 12.5. The maximum atomic E-state index is 13.3. The highest BCUT2D eigenvalue weighted by molar-refractivity contribution is 6.30. The van der Waals surface area contributed by atoms with E-state index in [2.05, 4.69) is 35.3 Å². The summed E-state index contributed by atoms with van der Waals surface area (Å²) in [6.45, 7) is 2.83. The lowest BCUT2D eigenvalue weighted by Gasteiger charge is -2.46. The molecule has 2 aromatic carbocycles. The number of rotatable bonds is 2. The zero-order chi connectivity index (χ0) is 30.1. The molecule has 0 aromatic heterocycles. The van der Waals surface area contributed by atoms with Crippen LogP contribution in [0.25, 0.3) is 0 Å². The van der Waals surface area contributed by atoms with E-state index in [1.807, 2.05) is 18.2 Å². The second-order valence-electron chi connectivity index (χ2n) is 12.8. The minimum atomic E-state index is -0.695. The van der Waals surface area contributed by atoms with Crippen LogP contribution in [0.5, 0.6) is 5.75 Å². The van der Waals surface area contributed by atoms with Crippen LogP contribution in [-0.2, 0) is 30.9 Å². The average molecular weight is 607 g/mol. The largest absolute Gasteiger partial charge is 0.490 e. The van der Waals surface area contributed by atoms with Crippen molar-refractivity contribution in [2.45, 2.75) is 62.4 Å². The van der Waals surface area contributed by atoms with Gasteiger partial charge in [0.2, 0.25) is 5.91 Å². The first-order chi connectivity index (χ1) is 20.8. The van der Waals surface area contributed by atoms with Gasteiger partial charge in [-0.1, -0.05) is 35.9 Å². The van der Waals surface area contributed by atoms with Crippen LogP contribution in [0.15, 0.2) is 48.6 Å². The Bertz CT molecular complexity index is 1390. The standard InChI is InChI=1S/C35H43ClN2O5/c1-37-16-5-4-8-31(41-2)27-12-9-25(27)20-38-21-35(15-6-7-24-17-26(36)11-13-29(24)35)22-43-32-14-10-23(18-30(32)38)28(19-33(37)39)34(40)42-3/h4,8,10-11,13-14,17-18,25,27-28,31H,5-7,9,12,15-16,19-22H2,1-3H3/b8-4-/t25-,27+,28+,31-,35-/m0/s1. The number of anilines is 1. The molecule has 6 rings (SSSR count). The molecular weight excluding hydrogens is 564 g/mol. The predicted molar refractivity (Wildman–Crippen MR) is 168 cm³/mol. The molecule has 2 heterocycles. The van der Waals surface area contributed by atoms with Gasteiger partial charge in [-0.25, -0.2) is 0 Å². The molecular formula is C35H43ClN2O5. The van der Waals surface area contributed by atoms with Crippen molar-refractivity contribution in [3.63, 3.8) is 0 Å². The number of halogens is 1. The molecule has 2 bridgehead atoms. The summed E-state index contributed by atoms with van der Waals surface area (Å²) in [6, 6.07) is 12.3. The monoisotopic (exact) mass is 606 g/mol. The van der Waals surface area contributed by atoms with Crippen molar-refractivity contribution in [1.29, 1.82) is 0 Å². The molecule has 4 aliphatic rings. The summed E-state index contributed by atoms with van der Waals surface area (Å²) >= 11 is 6.44. The van der Waals surface area contributed by atoms with E-state index in [4.69, 9.17) is 25.8 Å². The van der Waals surface area contributed by atoms with E-state index >= 15 is 0 Å². The SMILES string of the molecule is COC(=O)[C@@H]1CC(=O)N(C)CC/C=C\[C@H](OC)[C@@H]2CC[C@H]2CN2C[C@@]3(CCCc4cc(Cl)ccc43)COc3ccc1cc32. The van der Waals surface area contributed by atoms with E-state index in [1.165, 1.54) is 18.2 Å². The number of aryl methyl sites for hydroxylation is 1. The number of carbonyl (C=O) groups excluding carboxylic acids is 2. The van der Waals surface area contributed by atoms with Crippen molar-refractivity contribution < 1.29 is 23.8 Å². The maximum Gasteiger partial charge on any atom is 0.313 e. The topological polar surface area (TPSA) is 68.3 Å². The zero-order valence-electron chi connectivity index (χ0n) is 25.5. The highest BCUT2D eigenvalue weighted by Crippen LogP contribution is 2.47. The van der Waals surface area contributed by atoms with Crippen molar-refractivity contribution in [1.82, 2.24) is 4.90 Å². The molecule has 2 aromatic rings. The number of esters is 1. The number of carbonyl (C=O) groups is 2. The molecule has 2 aliphatic heterocycles. The van der Waals surface area contributed by atoms with Gasteiger partial charge in [0, 0.05) is 50.7 Å². The Balaban J connectivity index is 1.44. The average Bonchev–Trinajstić information content (AvgIpc) is 3.15. The highest BCUT2D eigenvalue weighted by Gasteiger charge is 2.44. The van der Waals surface area contributed by atoms with Crippen LogP contribution in [-0.4, -0.2) is 70.4 Å². The molecule has 0 unspecified atom stereocenters. The number of hydrogen-bond acceptors (Lipinski definition) is 6. The van der Waals surface area contributed by atoms with Crippen molar-refractivity contribution in [2.75, 3.05) is 52.4 Å². The molecule has 43 heavy (non-hydrogen) atoms. The van der Waals surface area contributed by atoms with Gasteiger partial charge >= 0.3 is 5.97 Å². The Hall–Kier alpha value is -3.03. The molecule has 230 valence electrons. The Morgan fingerprint density at radius 1 is 1.14 bits per heavy atom. The molecule has 0 saturated heterocycles. The van der Waals surface area contributed by atoms with Crippen molar-refractivity contribution in [3.05, 3.63) is 70.3 Å². The Kier molecular flexibility index (Phi) is 8.74. The minimum Gasteiger partial charge on any atom is -0.490 e. The van der Waals surface area contributed by atoms with Crippen LogP contribution in [0.3, 0.4) is 0 Å². The fraction of sp³-hybridized carbons (Fsp3) is 0.543. The first-order valence-electron chi connectivity index (χ1n) is 15.6. The van der Waals surface area contributed by atoms with Crippen molar-refractivity contribution in [3.8, 4) is 5.75 Å². The number of hydrogen-bond donors (Lipinski definition) is 0. The highest BCUT2D eigenvalue weighted by atomic mass is 35.5. The minimum absolute atomic E-state index is 0.0388. The first kappa shape index (κ1) is 30.0. The maximum absolute atomic E-state index is 13.3. The third-order valence-corrected chi connectivity index (χ3v) is 10.6. The van der Waals surface area contributed by atoms with Gasteiger partial charge in [0.25, 0.3) is 0 Å². The van der Waals surface area contributed by atoms with Gasteiger partial charge in [0.1, 0.15) is 5.75 Å². The van der Waals surface area contributed by atoms with E-state index < -0.39 is 11.9 Å². The number of amides is 1. The Morgan fingerprint density at radius 2 is 2.00 bits per heavy atom. The van der Waals surface area contributed by atoms with Crippen molar-refractivity contribution in [2.24, 2.45) is 11.8 Å². The predicted octanol–water partition coefficient (Wildman–Crippen LogP) is 5.92. The molecule has 7 nitrogen and oxygen atoms in total. The normalized spacial score (nSPS) is 29.9. The molecule has 1 amide bonds. The second-order valence-corrected chi connectivity index (χ2v) is 13.3. The lowest BCUT2D eigenvalue weighted by Crippen LogP contribution is -2.49. The van der Waals surface area contributed by atoms with Gasteiger partial charge in [-0.3, -0.25) is 9.59 Å². The Morgan fingerprint density at radius 3 is 2.77 bits per heavy atom. The summed E-state index contributed by atoms with van der Waals surface area (Å²) in [5, 5.41) is 0.772. The lowest BCUT2D eigenvalue weighted by molar-refractivity contribution is -0.145. The zero-order valence-corrected chi connectivity index (χ0v) is 26.3. The van der Waals surface area contributed by atoms with Crippen LogP contribution < -0.4 is 9.64 Å². The van der Waals surface area contributed by atoms with Crippen LogP contribution in [0.4, 0.5) is 5.69 Å². The molecule has 8 heteroatoms. The number of nitrogens with zero attached hydrogens (tertiary/aromatic N) is 2. The molecule has 1 spiro atoms. The Labute approximate surface area is 260 Å². The molecule has 0 radical (unpaired) electrons. The lowest BCUT2D eigenvalue weighted by atomic mass is 9.68. The molecule has 1 saturated carbocycles. The van der Waals surface area contributed by atoms with Crippen LogP contribution in [0.1, 0.15) is 61.1 Å². The smallest absolute Gasteiger partial charge is 0.313 e. The van der Waals surface area contributed by atoms with Gasteiger partial charge in [-0.15, -0.1) is 0 Å². The van der Waals surface area contributed by atoms with Gasteiger partial charge in [-0.05, 0) is 91.3 Å². The summed E-state index contributed by atoms with van der Waals surface area (Å²) in [6.07, 6.45) is 10.5. The summed E-state index contributed by atoms with van der Waals surface area (Å²) in [5.41, 5.74) is 4.21. The fourth-order valence-corrected chi connectivity index (χ4v) is 7.91. The van der Waals surface area contributed by atoms with E-state index in [1.54, 1.807) is 19.1 Å². The molecule has 0 N–H and O–H groups in total. The van der Waals surface area contributed by atoms with Gasteiger partial charge < -0.3 is 24.0 Å². The molecule has 5 atom stereocenters. The molecule has 1 fully saturated rings. The summed E-state index contributed by atoms with van der Waals surface area (Å²) in [7, 11) is 4.98. The van der Waals surface area contributed by atoms with Crippen LogP contribution >= 0.6 is 11.6 Å². The van der Waals surface area contributed by atoms with E-state index in [0.717, 1.165) is 73.6 Å². The third-order valence-electron chi connectivity index (χ3n) is 10.3. The van der Waals surface area contributed by atoms with Gasteiger partial charge in [-0.2, -0.15) is 0 Å². The van der Waals surface area contributed by atoms with Crippen LogP contribution in [0, 0.1) is 11.8 Å². The van der Waals surface area contributed by atoms with Crippen LogP contribution in [0.2, 0.25) is 5.02 Å². The van der Waals surface area contributed by atoms with E-state index in [-0.39, 0.29) is 23.8 Å². The summed E-state index contributed by atoms with van der Waals surface area (Å²) in [4.78, 5) is 30.6. The number of fused-ring (bicyclic) bond motifs is 4. The fourth-order valence-electron chi connectivity index (χ4n) is 7.71. The van der Waals surface area contributed by atoms with Gasteiger partial charge in [0.05, 0.1) is 31.4 Å². The third kappa shape index (κ3) is 5.91. The number of benzene rings is 2. The van der Waals surface area contributed by atoms with Crippen molar-refractivity contribution >= 4 is 29.2 Å². The quantitative estimate of drug-likeness (QED) is 0.312.